The summed E-state index contributed by atoms with van der Waals surface area (Å²) >= 11 is 0. The fourth-order valence-corrected chi connectivity index (χ4v) is 2.44. The highest BCUT2D eigenvalue weighted by Gasteiger charge is 2.13. The Balaban J connectivity index is 2.97. The van der Waals surface area contributed by atoms with Gasteiger partial charge in [0.05, 0.1) is 0 Å². The lowest BCUT2D eigenvalue weighted by Crippen LogP contribution is -2.31. The van der Waals surface area contributed by atoms with Gasteiger partial charge in [-0.05, 0) is 37.0 Å². The van der Waals surface area contributed by atoms with E-state index in [9.17, 15) is 0 Å². The van der Waals surface area contributed by atoms with Gasteiger partial charge in [-0.15, -0.1) is 0 Å². The van der Waals surface area contributed by atoms with Crippen molar-refractivity contribution in [3.8, 4) is 0 Å². The van der Waals surface area contributed by atoms with Crippen molar-refractivity contribution < 1.29 is 0 Å². The first-order valence-corrected chi connectivity index (χ1v) is 7.97. The molecule has 1 rings (SSSR count). The lowest BCUT2D eigenvalue weighted by atomic mass is 10.1. The van der Waals surface area contributed by atoms with E-state index < -0.39 is 0 Å². The maximum Gasteiger partial charge on any atom is 0.129 e. The molecule has 0 aliphatic heterocycles. The van der Waals surface area contributed by atoms with Crippen molar-refractivity contribution in [3.05, 3.63) is 23.4 Å². The number of pyridine rings is 1. The van der Waals surface area contributed by atoms with Gasteiger partial charge in [0, 0.05) is 31.4 Å². The van der Waals surface area contributed by atoms with E-state index in [0.29, 0.717) is 12.1 Å². The van der Waals surface area contributed by atoms with Crippen LogP contribution in [0.4, 0.5) is 5.82 Å². The van der Waals surface area contributed by atoms with E-state index in [2.05, 4.69) is 64.0 Å². The van der Waals surface area contributed by atoms with Crippen molar-refractivity contribution >= 4 is 5.82 Å². The lowest BCUT2D eigenvalue weighted by Gasteiger charge is -2.28. The minimum absolute atomic E-state index is 0.508. The van der Waals surface area contributed by atoms with Gasteiger partial charge in [-0.3, -0.25) is 0 Å². The summed E-state index contributed by atoms with van der Waals surface area (Å²) in [6.45, 7) is 11.9. The molecule has 3 heteroatoms. The van der Waals surface area contributed by atoms with Crippen molar-refractivity contribution in [2.24, 2.45) is 0 Å². The maximum absolute atomic E-state index is 4.79. The molecule has 1 N–H and O–H groups in total. The highest BCUT2D eigenvalue weighted by atomic mass is 15.2. The van der Waals surface area contributed by atoms with Crippen LogP contribution in [0.1, 0.15) is 58.7 Å². The Hall–Kier alpha value is -1.09. The molecule has 1 aromatic rings. The Bertz CT molecular complexity index is 397. The smallest absolute Gasteiger partial charge is 0.129 e. The van der Waals surface area contributed by atoms with Crippen molar-refractivity contribution in [3.63, 3.8) is 0 Å². The molecule has 0 atom stereocenters. The van der Waals surface area contributed by atoms with Gasteiger partial charge >= 0.3 is 0 Å². The number of rotatable bonds is 8. The van der Waals surface area contributed by atoms with Crippen LogP contribution in [0.25, 0.3) is 0 Å². The van der Waals surface area contributed by atoms with Crippen LogP contribution in [0.3, 0.4) is 0 Å². The summed E-state index contributed by atoms with van der Waals surface area (Å²) in [6, 6.07) is 5.53. The Labute approximate surface area is 124 Å². The van der Waals surface area contributed by atoms with Crippen LogP contribution < -0.4 is 10.2 Å². The van der Waals surface area contributed by atoms with Crippen LogP contribution in [0, 0.1) is 0 Å². The van der Waals surface area contributed by atoms with Gasteiger partial charge < -0.3 is 10.2 Å². The van der Waals surface area contributed by atoms with Crippen molar-refractivity contribution in [1.29, 1.82) is 0 Å². The molecule has 0 aliphatic rings. The first-order chi connectivity index (χ1) is 9.51. The van der Waals surface area contributed by atoms with Gasteiger partial charge in [-0.25, -0.2) is 4.98 Å². The summed E-state index contributed by atoms with van der Waals surface area (Å²) in [5, 5.41) is 3.49. The third kappa shape index (κ3) is 4.78. The molecule has 114 valence electrons. The molecule has 3 nitrogen and oxygen atoms in total. The molecular formula is C17H31N3. The summed E-state index contributed by atoms with van der Waals surface area (Å²) in [5.74, 6) is 1.11. The van der Waals surface area contributed by atoms with Crippen LogP contribution in [0.15, 0.2) is 12.1 Å². The van der Waals surface area contributed by atoms with Crippen molar-refractivity contribution in [2.75, 3.05) is 11.9 Å². The molecule has 0 aliphatic carbocycles. The number of aryl methyl sites for hydroxylation is 1. The minimum atomic E-state index is 0.508. The van der Waals surface area contributed by atoms with E-state index in [-0.39, 0.29) is 0 Å². The van der Waals surface area contributed by atoms with Crippen LogP contribution >= 0.6 is 0 Å². The number of hydrogen-bond donors (Lipinski definition) is 1. The van der Waals surface area contributed by atoms with Crippen molar-refractivity contribution in [1.82, 2.24) is 10.3 Å². The zero-order valence-electron chi connectivity index (χ0n) is 14.0. The van der Waals surface area contributed by atoms with Gasteiger partial charge in [0.25, 0.3) is 0 Å². The first kappa shape index (κ1) is 17.0. The quantitative estimate of drug-likeness (QED) is 0.784. The number of aromatic nitrogens is 1. The second kappa shape index (κ2) is 8.25. The summed E-state index contributed by atoms with van der Waals surface area (Å²) in [6.07, 6.45) is 3.30. The van der Waals surface area contributed by atoms with Crippen LogP contribution in [-0.2, 0) is 13.0 Å². The monoisotopic (exact) mass is 277 g/mol. The summed E-state index contributed by atoms with van der Waals surface area (Å²) in [7, 11) is 2.17. The Morgan fingerprint density at radius 1 is 1.15 bits per heavy atom. The third-order valence-electron chi connectivity index (χ3n) is 3.85. The zero-order valence-corrected chi connectivity index (χ0v) is 14.0. The molecule has 0 aromatic carbocycles. The van der Waals surface area contributed by atoms with Gasteiger partial charge in [0.1, 0.15) is 5.82 Å². The van der Waals surface area contributed by atoms with Crippen molar-refractivity contribution in [2.45, 2.75) is 72.5 Å². The number of nitrogens with zero attached hydrogens (tertiary/aromatic N) is 2. The van der Waals surface area contributed by atoms with Gasteiger partial charge in [-0.2, -0.15) is 0 Å². The van der Waals surface area contributed by atoms with Gasteiger partial charge in [0.15, 0.2) is 0 Å². The summed E-state index contributed by atoms with van der Waals surface area (Å²) in [4.78, 5) is 7.13. The lowest BCUT2D eigenvalue weighted by molar-refractivity contribution is 0.579. The molecule has 0 spiro atoms. The average molecular weight is 277 g/mol. The number of anilines is 1. The van der Waals surface area contributed by atoms with Crippen LogP contribution in [0.5, 0.6) is 0 Å². The molecule has 1 aromatic heterocycles. The molecule has 20 heavy (non-hydrogen) atoms. The SMILES string of the molecule is CCc1cc(CNC(C)C)cc(N(C)C(CC)CC)n1. The molecule has 0 saturated carbocycles. The Morgan fingerprint density at radius 3 is 2.30 bits per heavy atom. The fraction of sp³-hybridized carbons (Fsp3) is 0.706. The second-order valence-corrected chi connectivity index (χ2v) is 5.80. The van der Waals surface area contributed by atoms with E-state index in [1.807, 2.05) is 0 Å². The molecule has 1 heterocycles. The molecule has 0 bridgehead atoms. The fourth-order valence-electron chi connectivity index (χ4n) is 2.44. The van der Waals surface area contributed by atoms with E-state index >= 15 is 0 Å². The molecule has 0 radical (unpaired) electrons. The van der Waals surface area contributed by atoms with Crippen LogP contribution in [0.2, 0.25) is 0 Å². The van der Waals surface area contributed by atoms with E-state index in [1.54, 1.807) is 0 Å². The number of nitrogens with one attached hydrogen (secondary N) is 1. The average Bonchev–Trinajstić information content (AvgIpc) is 2.45. The normalized spacial score (nSPS) is 11.4. The molecule has 0 saturated heterocycles. The second-order valence-electron chi connectivity index (χ2n) is 5.80. The van der Waals surface area contributed by atoms with E-state index in [0.717, 1.165) is 31.6 Å². The largest absolute Gasteiger partial charge is 0.357 e. The maximum atomic E-state index is 4.79. The standard InChI is InChI=1S/C17H31N3/c1-7-15-10-14(12-18-13(4)5)11-17(19-15)20(6)16(8-2)9-3/h10-11,13,16,18H,7-9,12H2,1-6H3. The molecule has 0 amide bonds. The molecule has 0 unspecified atom stereocenters. The van der Waals surface area contributed by atoms with Gasteiger partial charge in [0.2, 0.25) is 0 Å². The highest BCUT2D eigenvalue weighted by Crippen LogP contribution is 2.19. The highest BCUT2D eigenvalue weighted by molar-refractivity contribution is 5.43. The van der Waals surface area contributed by atoms with Gasteiger partial charge in [-0.1, -0.05) is 34.6 Å². The van der Waals surface area contributed by atoms with E-state index in [4.69, 9.17) is 4.98 Å². The van der Waals surface area contributed by atoms with Crippen LogP contribution in [-0.4, -0.2) is 24.1 Å². The molecule has 0 fully saturated rings. The third-order valence-corrected chi connectivity index (χ3v) is 3.85. The Morgan fingerprint density at radius 2 is 1.80 bits per heavy atom. The minimum Gasteiger partial charge on any atom is -0.357 e. The topological polar surface area (TPSA) is 28.2 Å². The zero-order chi connectivity index (χ0) is 15.1. The predicted octanol–water partition coefficient (Wildman–Crippen LogP) is 3.77. The van der Waals surface area contributed by atoms with E-state index in [1.165, 1.54) is 11.3 Å². The summed E-state index contributed by atoms with van der Waals surface area (Å²) in [5.41, 5.74) is 2.51. The predicted molar refractivity (Wildman–Crippen MR) is 88.4 cm³/mol. The first-order valence-electron chi connectivity index (χ1n) is 7.97. The molecular weight excluding hydrogens is 246 g/mol. The Kier molecular flexibility index (Phi) is 7.00. The summed E-state index contributed by atoms with van der Waals surface area (Å²) < 4.78 is 0. The number of hydrogen-bond acceptors (Lipinski definition) is 3.